The van der Waals surface area contributed by atoms with Gasteiger partial charge >= 0.3 is 0 Å². The maximum atomic E-state index is 12.6. The Bertz CT molecular complexity index is 1020. The van der Waals surface area contributed by atoms with E-state index in [4.69, 9.17) is 4.98 Å². The molecular weight excluding hydrogens is 358 g/mol. The summed E-state index contributed by atoms with van der Waals surface area (Å²) in [7, 11) is 0. The van der Waals surface area contributed by atoms with Crippen molar-refractivity contribution in [3.05, 3.63) is 77.9 Å². The van der Waals surface area contributed by atoms with E-state index < -0.39 is 0 Å². The molecule has 1 aromatic heterocycles. The smallest absolute Gasteiger partial charge is 0.246 e. The molecule has 1 aliphatic heterocycles. The van der Waals surface area contributed by atoms with Gasteiger partial charge in [-0.05, 0) is 41.3 Å². The molecule has 0 bridgehead atoms. The van der Waals surface area contributed by atoms with Gasteiger partial charge in [0.15, 0.2) is 0 Å². The number of amides is 1. The topological polar surface area (TPSA) is 36.4 Å². The van der Waals surface area contributed by atoms with Crippen LogP contribution in [0, 0.1) is 0 Å². The van der Waals surface area contributed by atoms with Crippen LogP contribution in [0.3, 0.4) is 0 Å². The predicted molar refractivity (Wildman–Crippen MR) is 120 cm³/mol. The van der Waals surface area contributed by atoms with Gasteiger partial charge in [0.2, 0.25) is 5.91 Å². The molecule has 0 N–H and O–H groups in total. The fourth-order valence-corrected chi connectivity index (χ4v) is 3.65. The number of benzene rings is 2. The monoisotopic (exact) mass is 385 g/mol. The van der Waals surface area contributed by atoms with Crippen LogP contribution in [-0.4, -0.2) is 42.0 Å². The minimum atomic E-state index is 0.0732. The molecule has 2 heterocycles. The lowest BCUT2D eigenvalue weighted by Crippen LogP contribution is -2.48. The fourth-order valence-electron chi connectivity index (χ4n) is 3.65. The molecule has 0 radical (unpaired) electrons. The number of fused-ring (bicyclic) bond motifs is 1. The van der Waals surface area contributed by atoms with Crippen molar-refractivity contribution in [2.75, 3.05) is 31.1 Å². The van der Waals surface area contributed by atoms with Gasteiger partial charge in [-0.15, -0.1) is 0 Å². The van der Waals surface area contributed by atoms with E-state index in [1.165, 1.54) is 5.56 Å². The number of carbonyl (C=O) groups excluding carboxylic acids is 1. The average Bonchev–Trinajstić information content (AvgIpc) is 2.77. The highest BCUT2D eigenvalue weighted by Crippen LogP contribution is 2.19. The van der Waals surface area contributed by atoms with Crippen molar-refractivity contribution in [1.82, 2.24) is 9.88 Å². The fraction of sp³-hybridized carbons (Fsp3) is 0.280. The molecule has 4 rings (SSSR count). The quantitative estimate of drug-likeness (QED) is 0.610. The van der Waals surface area contributed by atoms with E-state index >= 15 is 0 Å². The first kappa shape index (κ1) is 19.2. The number of hydrogen-bond acceptors (Lipinski definition) is 3. The number of pyridine rings is 1. The Morgan fingerprint density at radius 3 is 2.38 bits per heavy atom. The van der Waals surface area contributed by atoms with Crippen LogP contribution in [0.1, 0.15) is 30.9 Å². The molecule has 0 saturated carbocycles. The SMILES string of the molecule is CC(C)c1ccc(/C=C/C(=O)N2CCN(c3ccc4ccccc4n3)CC2)cc1. The van der Waals surface area contributed by atoms with Gasteiger partial charge in [-0.2, -0.15) is 0 Å². The molecule has 1 amide bonds. The number of aromatic nitrogens is 1. The van der Waals surface area contributed by atoms with Crippen LogP contribution < -0.4 is 4.90 Å². The van der Waals surface area contributed by atoms with Gasteiger partial charge in [0.25, 0.3) is 0 Å². The standard InChI is InChI=1S/C25H27N3O/c1-19(2)21-10-7-20(8-11-21)9-14-25(29)28-17-15-27(16-18-28)24-13-12-22-5-3-4-6-23(22)26-24/h3-14,19H,15-18H2,1-2H3/b14-9+. The summed E-state index contributed by atoms with van der Waals surface area (Å²) in [6, 6.07) is 20.7. The molecule has 29 heavy (non-hydrogen) atoms. The van der Waals surface area contributed by atoms with E-state index in [0.717, 1.165) is 35.4 Å². The van der Waals surface area contributed by atoms with Gasteiger partial charge in [0.05, 0.1) is 5.52 Å². The summed E-state index contributed by atoms with van der Waals surface area (Å²) in [5.74, 6) is 1.57. The third kappa shape index (κ3) is 4.48. The maximum Gasteiger partial charge on any atom is 0.246 e. The summed E-state index contributed by atoms with van der Waals surface area (Å²) < 4.78 is 0. The largest absolute Gasteiger partial charge is 0.353 e. The number of nitrogens with zero attached hydrogens (tertiary/aromatic N) is 3. The number of rotatable bonds is 4. The number of piperazine rings is 1. The van der Waals surface area contributed by atoms with Crippen molar-refractivity contribution in [3.8, 4) is 0 Å². The van der Waals surface area contributed by atoms with Crippen molar-refractivity contribution < 1.29 is 4.79 Å². The molecule has 3 aromatic rings. The van der Waals surface area contributed by atoms with Gasteiger partial charge < -0.3 is 9.80 Å². The van der Waals surface area contributed by atoms with Crippen molar-refractivity contribution in [3.63, 3.8) is 0 Å². The van der Waals surface area contributed by atoms with Crippen LogP contribution in [0.15, 0.2) is 66.7 Å². The van der Waals surface area contributed by atoms with Gasteiger partial charge in [0, 0.05) is 37.6 Å². The van der Waals surface area contributed by atoms with E-state index in [9.17, 15) is 4.79 Å². The zero-order valence-electron chi connectivity index (χ0n) is 17.1. The van der Waals surface area contributed by atoms with Gasteiger partial charge in [-0.1, -0.05) is 56.3 Å². The lowest BCUT2D eigenvalue weighted by molar-refractivity contribution is -0.126. The first-order valence-corrected chi connectivity index (χ1v) is 10.3. The number of para-hydroxylation sites is 1. The lowest BCUT2D eigenvalue weighted by atomic mass is 10.0. The van der Waals surface area contributed by atoms with E-state index in [-0.39, 0.29) is 5.91 Å². The highest BCUT2D eigenvalue weighted by atomic mass is 16.2. The average molecular weight is 386 g/mol. The third-order valence-corrected chi connectivity index (χ3v) is 5.52. The van der Waals surface area contributed by atoms with E-state index in [0.29, 0.717) is 19.0 Å². The minimum absolute atomic E-state index is 0.0732. The second-order valence-electron chi connectivity index (χ2n) is 7.83. The lowest BCUT2D eigenvalue weighted by Gasteiger charge is -2.35. The van der Waals surface area contributed by atoms with Crippen molar-refractivity contribution in [1.29, 1.82) is 0 Å². The van der Waals surface area contributed by atoms with Crippen LogP contribution in [0.25, 0.3) is 17.0 Å². The highest BCUT2D eigenvalue weighted by molar-refractivity contribution is 5.92. The van der Waals surface area contributed by atoms with Gasteiger partial charge in [-0.25, -0.2) is 4.98 Å². The van der Waals surface area contributed by atoms with Crippen LogP contribution in [-0.2, 0) is 4.79 Å². The van der Waals surface area contributed by atoms with E-state index in [2.05, 4.69) is 61.2 Å². The number of anilines is 1. The zero-order valence-corrected chi connectivity index (χ0v) is 17.1. The number of hydrogen-bond donors (Lipinski definition) is 0. The second-order valence-corrected chi connectivity index (χ2v) is 7.83. The molecule has 0 aliphatic carbocycles. The molecule has 1 aliphatic rings. The van der Waals surface area contributed by atoms with E-state index in [1.54, 1.807) is 6.08 Å². The van der Waals surface area contributed by atoms with Gasteiger partial charge in [0.1, 0.15) is 5.82 Å². The van der Waals surface area contributed by atoms with Crippen molar-refractivity contribution >= 4 is 28.7 Å². The first-order valence-electron chi connectivity index (χ1n) is 10.3. The first-order chi connectivity index (χ1) is 14.1. The molecule has 1 saturated heterocycles. The Balaban J connectivity index is 1.35. The summed E-state index contributed by atoms with van der Waals surface area (Å²) in [6.07, 6.45) is 3.60. The Morgan fingerprint density at radius 2 is 1.66 bits per heavy atom. The zero-order chi connectivity index (χ0) is 20.2. The molecule has 4 nitrogen and oxygen atoms in total. The molecule has 0 spiro atoms. The summed E-state index contributed by atoms with van der Waals surface area (Å²) in [4.78, 5) is 21.5. The second kappa shape index (κ2) is 8.48. The van der Waals surface area contributed by atoms with Crippen LogP contribution in [0.4, 0.5) is 5.82 Å². The Kier molecular flexibility index (Phi) is 5.61. The summed E-state index contributed by atoms with van der Waals surface area (Å²) in [5.41, 5.74) is 3.38. The van der Waals surface area contributed by atoms with Crippen LogP contribution in [0.2, 0.25) is 0 Å². The maximum absolute atomic E-state index is 12.6. The normalized spacial score (nSPS) is 14.9. The molecule has 0 unspecified atom stereocenters. The Labute approximate surface area is 172 Å². The minimum Gasteiger partial charge on any atom is -0.353 e. The van der Waals surface area contributed by atoms with Crippen LogP contribution >= 0.6 is 0 Å². The summed E-state index contributed by atoms with van der Waals surface area (Å²) in [6.45, 7) is 7.39. The summed E-state index contributed by atoms with van der Waals surface area (Å²) in [5, 5.41) is 1.15. The van der Waals surface area contributed by atoms with E-state index in [1.807, 2.05) is 29.2 Å². The highest BCUT2D eigenvalue weighted by Gasteiger charge is 2.20. The Morgan fingerprint density at radius 1 is 0.931 bits per heavy atom. The number of carbonyl (C=O) groups is 1. The Hall–Kier alpha value is -3.14. The molecule has 148 valence electrons. The molecular formula is C25H27N3O. The predicted octanol–water partition coefficient (Wildman–Crippen LogP) is 4.72. The molecule has 0 atom stereocenters. The molecule has 2 aromatic carbocycles. The summed E-state index contributed by atoms with van der Waals surface area (Å²) >= 11 is 0. The molecule has 1 fully saturated rings. The third-order valence-electron chi connectivity index (χ3n) is 5.52. The van der Waals surface area contributed by atoms with Crippen molar-refractivity contribution in [2.45, 2.75) is 19.8 Å². The van der Waals surface area contributed by atoms with Gasteiger partial charge in [-0.3, -0.25) is 4.79 Å². The van der Waals surface area contributed by atoms with Crippen molar-refractivity contribution in [2.24, 2.45) is 0 Å². The van der Waals surface area contributed by atoms with Crippen LogP contribution in [0.5, 0.6) is 0 Å². The molecule has 4 heteroatoms.